The molecule has 2 N–H and O–H groups in total. The molecule has 0 saturated heterocycles. The molecular formula is C19H30FIN4O. The number of carbonyl (C=O) groups excluding carboxylic acids is 1. The standard InChI is InChI=1S/C19H29FN4O.HI/c1-14(2)11-21-18(22-12-17(25)24(5)6)23-13-19(3,4)15-8-7-9-16(20)10-15;/h7-10H,1,11-13H2,2-6H3,(H2,21,22,23);1H. The average Bonchev–Trinajstić information content (AvgIpc) is 2.53. The van der Waals surface area contributed by atoms with E-state index in [1.165, 1.54) is 17.0 Å². The van der Waals surface area contributed by atoms with Crippen molar-refractivity contribution in [2.45, 2.75) is 26.2 Å². The van der Waals surface area contributed by atoms with E-state index in [1.54, 1.807) is 20.2 Å². The minimum Gasteiger partial charge on any atom is -0.356 e. The van der Waals surface area contributed by atoms with Crippen LogP contribution < -0.4 is 10.6 Å². The van der Waals surface area contributed by atoms with Crippen LogP contribution in [0.25, 0.3) is 0 Å². The third-order valence-corrected chi connectivity index (χ3v) is 3.73. The van der Waals surface area contributed by atoms with E-state index in [4.69, 9.17) is 0 Å². The average molecular weight is 476 g/mol. The van der Waals surface area contributed by atoms with Gasteiger partial charge in [-0.05, 0) is 24.6 Å². The molecule has 0 heterocycles. The van der Waals surface area contributed by atoms with Gasteiger partial charge in [0.25, 0.3) is 0 Å². The fourth-order valence-corrected chi connectivity index (χ4v) is 2.01. The summed E-state index contributed by atoms with van der Waals surface area (Å²) in [5, 5.41) is 6.38. The lowest BCUT2D eigenvalue weighted by Crippen LogP contribution is -2.44. The van der Waals surface area contributed by atoms with Crippen LogP contribution >= 0.6 is 24.0 Å². The molecule has 0 atom stereocenters. The zero-order valence-corrected chi connectivity index (χ0v) is 18.6. The van der Waals surface area contributed by atoms with Crippen molar-refractivity contribution in [3.05, 3.63) is 47.8 Å². The van der Waals surface area contributed by atoms with Gasteiger partial charge in [-0.1, -0.05) is 38.1 Å². The van der Waals surface area contributed by atoms with E-state index < -0.39 is 0 Å². The van der Waals surface area contributed by atoms with E-state index in [0.29, 0.717) is 19.0 Å². The molecule has 146 valence electrons. The molecule has 0 aliphatic heterocycles. The zero-order valence-electron chi connectivity index (χ0n) is 16.2. The van der Waals surface area contributed by atoms with Crippen LogP contribution in [0.15, 0.2) is 41.4 Å². The quantitative estimate of drug-likeness (QED) is 0.276. The first-order valence-electron chi connectivity index (χ1n) is 8.24. The van der Waals surface area contributed by atoms with Crippen molar-refractivity contribution in [3.63, 3.8) is 0 Å². The number of hydrogen-bond donors (Lipinski definition) is 2. The monoisotopic (exact) mass is 476 g/mol. The molecule has 0 spiro atoms. The van der Waals surface area contributed by atoms with Crippen molar-refractivity contribution < 1.29 is 9.18 Å². The summed E-state index contributed by atoms with van der Waals surface area (Å²) in [6, 6.07) is 6.57. The van der Waals surface area contributed by atoms with E-state index >= 15 is 0 Å². The molecule has 1 aromatic rings. The first kappa shape index (κ1) is 24.4. The topological polar surface area (TPSA) is 56.7 Å². The van der Waals surface area contributed by atoms with Gasteiger partial charge in [-0.25, -0.2) is 9.38 Å². The number of nitrogens with one attached hydrogen (secondary N) is 2. The minimum absolute atomic E-state index is 0. The number of carbonyl (C=O) groups is 1. The van der Waals surface area contributed by atoms with Crippen LogP contribution in [0.1, 0.15) is 26.3 Å². The SMILES string of the molecule is C=C(C)CNC(=NCC(=O)N(C)C)NCC(C)(C)c1cccc(F)c1.I. The summed E-state index contributed by atoms with van der Waals surface area (Å²) in [6.45, 7) is 11.0. The van der Waals surface area contributed by atoms with E-state index in [1.807, 2.05) is 26.8 Å². The van der Waals surface area contributed by atoms with Gasteiger partial charge in [-0.3, -0.25) is 4.79 Å². The van der Waals surface area contributed by atoms with Crippen LogP contribution in [-0.4, -0.2) is 50.5 Å². The summed E-state index contributed by atoms with van der Waals surface area (Å²) < 4.78 is 13.5. The van der Waals surface area contributed by atoms with Gasteiger partial charge in [0.1, 0.15) is 12.4 Å². The van der Waals surface area contributed by atoms with Crippen LogP contribution in [0.2, 0.25) is 0 Å². The molecule has 0 unspecified atom stereocenters. The third-order valence-electron chi connectivity index (χ3n) is 3.73. The highest BCUT2D eigenvalue weighted by Gasteiger charge is 2.21. The second kappa shape index (κ2) is 11.2. The normalized spacial score (nSPS) is 11.4. The lowest BCUT2D eigenvalue weighted by atomic mass is 9.84. The third kappa shape index (κ3) is 8.64. The van der Waals surface area contributed by atoms with E-state index in [9.17, 15) is 9.18 Å². The Morgan fingerprint density at radius 2 is 1.96 bits per heavy atom. The minimum atomic E-state index is -0.306. The van der Waals surface area contributed by atoms with Crippen molar-refractivity contribution in [2.75, 3.05) is 33.7 Å². The van der Waals surface area contributed by atoms with E-state index in [-0.39, 0.29) is 47.7 Å². The Bertz CT molecular complexity index is 644. The van der Waals surface area contributed by atoms with Gasteiger partial charge in [-0.15, -0.1) is 24.0 Å². The smallest absolute Gasteiger partial charge is 0.243 e. The molecular weight excluding hydrogens is 446 g/mol. The second-order valence-corrected chi connectivity index (χ2v) is 7.01. The van der Waals surface area contributed by atoms with Crippen molar-refractivity contribution >= 4 is 35.8 Å². The van der Waals surface area contributed by atoms with Gasteiger partial charge in [0.2, 0.25) is 5.91 Å². The highest BCUT2D eigenvalue weighted by atomic mass is 127. The molecule has 0 aliphatic rings. The Morgan fingerprint density at radius 3 is 2.50 bits per heavy atom. The van der Waals surface area contributed by atoms with Gasteiger partial charge in [0, 0.05) is 32.6 Å². The lowest BCUT2D eigenvalue weighted by molar-refractivity contribution is -0.127. The summed E-state index contributed by atoms with van der Waals surface area (Å²) in [7, 11) is 3.39. The Balaban J connectivity index is 0.00000625. The number of amides is 1. The molecule has 0 bridgehead atoms. The number of benzene rings is 1. The summed E-state index contributed by atoms with van der Waals surface area (Å²) in [4.78, 5) is 17.6. The largest absolute Gasteiger partial charge is 0.356 e. The maximum absolute atomic E-state index is 13.5. The fraction of sp³-hybridized carbons (Fsp3) is 0.474. The molecule has 1 rings (SSSR count). The Morgan fingerprint density at radius 1 is 1.31 bits per heavy atom. The Kier molecular flexibility index (Phi) is 10.4. The molecule has 0 aromatic heterocycles. The van der Waals surface area contributed by atoms with Gasteiger partial charge in [0.15, 0.2) is 5.96 Å². The first-order chi connectivity index (χ1) is 11.6. The summed E-state index contributed by atoms with van der Waals surface area (Å²) in [5.41, 5.74) is 1.54. The summed E-state index contributed by atoms with van der Waals surface area (Å²) in [5.74, 6) is 0.194. The van der Waals surface area contributed by atoms with Crippen LogP contribution in [0.3, 0.4) is 0 Å². The van der Waals surface area contributed by atoms with Crippen LogP contribution in [0.5, 0.6) is 0 Å². The molecule has 1 amide bonds. The molecule has 0 aliphatic carbocycles. The fourth-order valence-electron chi connectivity index (χ4n) is 2.01. The van der Waals surface area contributed by atoms with Crippen molar-refractivity contribution in [3.8, 4) is 0 Å². The van der Waals surface area contributed by atoms with E-state index in [0.717, 1.165) is 11.1 Å². The van der Waals surface area contributed by atoms with Crippen molar-refractivity contribution in [1.82, 2.24) is 15.5 Å². The molecule has 0 radical (unpaired) electrons. The number of rotatable bonds is 7. The molecule has 5 nitrogen and oxygen atoms in total. The van der Waals surface area contributed by atoms with Gasteiger partial charge in [0.05, 0.1) is 0 Å². The molecule has 0 fully saturated rings. The maximum atomic E-state index is 13.5. The number of guanidine groups is 1. The predicted octanol–water partition coefficient (Wildman–Crippen LogP) is 2.92. The highest BCUT2D eigenvalue weighted by molar-refractivity contribution is 14.0. The summed E-state index contributed by atoms with van der Waals surface area (Å²) in [6.07, 6.45) is 0. The molecule has 0 saturated carbocycles. The number of halogens is 2. The van der Waals surface area contributed by atoms with Crippen molar-refractivity contribution in [1.29, 1.82) is 0 Å². The lowest BCUT2D eigenvalue weighted by Gasteiger charge is -2.27. The summed E-state index contributed by atoms with van der Waals surface area (Å²) >= 11 is 0. The number of hydrogen-bond acceptors (Lipinski definition) is 2. The van der Waals surface area contributed by atoms with Gasteiger partial charge >= 0.3 is 0 Å². The molecule has 1 aromatic carbocycles. The second-order valence-electron chi connectivity index (χ2n) is 7.01. The number of likely N-dealkylation sites (N-methyl/N-ethyl adjacent to an activating group) is 1. The first-order valence-corrected chi connectivity index (χ1v) is 8.24. The highest BCUT2D eigenvalue weighted by Crippen LogP contribution is 2.22. The number of aliphatic imine (C=N–C) groups is 1. The maximum Gasteiger partial charge on any atom is 0.243 e. The predicted molar refractivity (Wildman–Crippen MR) is 117 cm³/mol. The van der Waals surface area contributed by atoms with Crippen LogP contribution in [-0.2, 0) is 10.2 Å². The van der Waals surface area contributed by atoms with Gasteiger partial charge in [-0.2, -0.15) is 0 Å². The Hall–Kier alpha value is -1.64. The van der Waals surface area contributed by atoms with Crippen LogP contribution in [0.4, 0.5) is 4.39 Å². The van der Waals surface area contributed by atoms with Gasteiger partial charge < -0.3 is 15.5 Å². The Labute approximate surface area is 173 Å². The van der Waals surface area contributed by atoms with Crippen LogP contribution in [0, 0.1) is 5.82 Å². The molecule has 7 heteroatoms. The molecule has 26 heavy (non-hydrogen) atoms. The van der Waals surface area contributed by atoms with E-state index in [2.05, 4.69) is 22.2 Å². The van der Waals surface area contributed by atoms with Crippen molar-refractivity contribution in [2.24, 2.45) is 4.99 Å². The zero-order chi connectivity index (χ0) is 19.0. The number of nitrogens with zero attached hydrogens (tertiary/aromatic N) is 2.